The zero-order chi connectivity index (χ0) is 12.4. The molecule has 0 saturated carbocycles. The van der Waals surface area contributed by atoms with E-state index in [1.54, 1.807) is 7.05 Å². The topological polar surface area (TPSA) is 49.9 Å². The van der Waals surface area contributed by atoms with Crippen molar-refractivity contribution < 1.29 is 14.4 Å². The predicted octanol–water partition coefficient (Wildman–Crippen LogP) is 0.937. The molecule has 0 spiro atoms. The van der Waals surface area contributed by atoms with Gasteiger partial charge in [-0.2, -0.15) is 5.06 Å². The summed E-state index contributed by atoms with van der Waals surface area (Å²) in [6.07, 6.45) is -0.491. The molecule has 1 aliphatic heterocycles. The third-order valence-corrected chi connectivity index (χ3v) is 2.72. The Morgan fingerprint density at radius 1 is 1.35 bits per heavy atom. The lowest BCUT2D eigenvalue weighted by Crippen LogP contribution is -2.51. The van der Waals surface area contributed by atoms with E-state index in [0.29, 0.717) is 0 Å². The molecule has 0 radical (unpaired) electrons. The fourth-order valence-electron chi connectivity index (χ4n) is 1.84. The molecule has 5 heteroatoms. The summed E-state index contributed by atoms with van der Waals surface area (Å²) < 4.78 is 0. The van der Waals surface area contributed by atoms with Gasteiger partial charge < -0.3 is 4.90 Å². The average molecular weight is 234 g/mol. The Morgan fingerprint density at radius 2 is 2.00 bits per heavy atom. The summed E-state index contributed by atoms with van der Waals surface area (Å²) >= 11 is 0. The molecule has 90 valence electrons. The van der Waals surface area contributed by atoms with Crippen molar-refractivity contribution in [1.82, 2.24) is 9.96 Å². The van der Waals surface area contributed by atoms with Crippen molar-refractivity contribution in [2.24, 2.45) is 0 Å². The van der Waals surface area contributed by atoms with Gasteiger partial charge in [-0.3, -0.25) is 14.4 Å². The van der Waals surface area contributed by atoms with Gasteiger partial charge in [0.25, 0.3) is 5.91 Å². The highest BCUT2D eigenvalue weighted by atomic mass is 16.7. The minimum absolute atomic E-state index is 0.0978. The second-order valence-corrected chi connectivity index (χ2v) is 3.91. The SMILES string of the molecule is CC(=O)N1OCC(=O)N(C)C1c1ccccc1. The third kappa shape index (κ3) is 2.14. The highest BCUT2D eigenvalue weighted by Gasteiger charge is 2.35. The molecule has 1 aromatic rings. The van der Waals surface area contributed by atoms with E-state index < -0.39 is 6.17 Å². The first-order valence-corrected chi connectivity index (χ1v) is 5.34. The molecule has 0 bridgehead atoms. The normalized spacial score (nSPS) is 20.6. The molecule has 1 aromatic carbocycles. The van der Waals surface area contributed by atoms with E-state index in [1.165, 1.54) is 16.9 Å². The Labute approximate surface area is 99.5 Å². The number of carbonyl (C=O) groups is 2. The lowest BCUT2D eigenvalue weighted by Gasteiger charge is -2.40. The van der Waals surface area contributed by atoms with Crippen molar-refractivity contribution >= 4 is 11.8 Å². The molecule has 1 aliphatic rings. The highest BCUT2D eigenvalue weighted by molar-refractivity contribution is 5.80. The number of hydroxylamine groups is 2. The van der Waals surface area contributed by atoms with Crippen LogP contribution in [0.5, 0.6) is 0 Å². The summed E-state index contributed by atoms with van der Waals surface area (Å²) in [7, 11) is 1.67. The van der Waals surface area contributed by atoms with Gasteiger partial charge in [0.05, 0.1) is 0 Å². The van der Waals surface area contributed by atoms with Gasteiger partial charge in [0, 0.05) is 14.0 Å². The van der Waals surface area contributed by atoms with Crippen LogP contribution in [-0.4, -0.2) is 35.4 Å². The predicted molar refractivity (Wildman–Crippen MR) is 60.4 cm³/mol. The van der Waals surface area contributed by atoms with E-state index in [1.807, 2.05) is 30.3 Å². The molecule has 2 rings (SSSR count). The van der Waals surface area contributed by atoms with E-state index in [9.17, 15) is 9.59 Å². The van der Waals surface area contributed by atoms with Crippen molar-refractivity contribution in [3.63, 3.8) is 0 Å². The minimum Gasteiger partial charge on any atom is -0.317 e. The number of hydrogen-bond acceptors (Lipinski definition) is 3. The highest BCUT2D eigenvalue weighted by Crippen LogP contribution is 2.27. The third-order valence-electron chi connectivity index (χ3n) is 2.72. The lowest BCUT2D eigenvalue weighted by atomic mass is 10.1. The Kier molecular flexibility index (Phi) is 3.10. The maximum atomic E-state index is 11.6. The number of nitrogens with zero attached hydrogens (tertiary/aromatic N) is 2. The zero-order valence-corrected chi connectivity index (χ0v) is 9.79. The molecule has 17 heavy (non-hydrogen) atoms. The molecule has 0 N–H and O–H groups in total. The van der Waals surface area contributed by atoms with Gasteiger partial charge in [0.15, 0.2) is 12.8 Å². The van der Waals surface area contributed by atoms with Crippen LogP contribution in [0.15, 0.2) is 30.3 Å². The molecule has 1 unspecified atom stereocenters. The van der Waals surface area contributed by atoms with Gasteiger partial charge in [-0.25, -0.2) is 0 Å². The van der Waals surface area contributed by atoms with Gasteiger partial charge in [0.2, 0.25) is 5.91 Å². The van der Waals surface area contributed by atoms with E-state index in [-0.39, 0.29) is 18.4 Å². The molecule has 1 heterocycles. The maximum Gasteiger partial charge on any atom is 0.253 e. The Hall–Kier alpha value is -1.88. The van der Waals surface area contributed by atoms with Gasteiger partial charge in [-0.05, 0) is 5.56 Å². The number of amides is 2. The van der Waals surface area contributed by atoms with Crippen molar-refractivity contribution in [1.29, 1.82) is 0 Å². The van der Waals surface area contributed by atoms with Gasteiger partial charge in [0.1, 0.15) is 0 Å². The van der Waals surface area contributed by atoms with Gasteiger partial charge >= 0.3 is 0 Å². The molecule has 0 aliphatic carbocycles. The number of carbonyl (C=O) groups excluding carboxylic acids is 2. The fraction of sp³-hybridized carbons (Fsp3) is 0.333. The summed E-state index contributed by atoms with van der Waals surface area (Å²) in [5.41, 5.74) is 0.846. The molecule has 0 aromatic heterocycles. The van der Waals surface area contributed by atoms with Crippen molar-refractivity contribution in [3.8, 4) is 0 Å². The van der Waals surface area contributed by atoms with Crippen LogP contribution in [0, 0.1) is 0 Å². The van der Waals surface area contributed by atoms with E-state index in [4.69, 9.17) is 4.84 Å². The van der Waals surface area contributed by atoms with Crippen LogP contribution in [0.4, 0.5) is 0 Å². The fourth-order valence-corrected chi connectivity index (χ4v) is 1.84. The summed E-state index contributed by atoms with van der Waals surface area (Å²) in [6.45, 7) is 1.32. The number of hydrogen-bond donors (Lipinski definition) is 0. The summed E-state index contributed by atoms with van der Waals surface area (Å²) in [5, 5.41) is 1.23. The molecular weight excluding hydrogens is 220 g/mol. The molecule has 2 amide bonds. The van der Waals surface area contributed by atoms with Crippen molar-refractivity contribution in [2.45, 2.75) is 13.1 Å². The smallest absolute Gasteiger partial charge is 0.253 e. The number of likely N-dealkylation sites (N-methyl/N-ethyl adjacent to an activating group) is 1. The Bertz CT molecular complexity index is 433. The summed E-state index contributed by atoms with van der Waals surface area (Å²) in [4.78, 5) is 29.8. The van der Waals surface area contributed by atoms with Crippen LogP contribution >= 0.6 is 0 Å². The van der Waals surface area contributed by atoms with Crippen molar-refractivity contribution in [2.75, 3.05) is 13.7 Å². The van der Waals surface area contributed by atoms with Crippen LogP contribution in [0.3, 0.4) is 0 Å². The van der Waals surface area contributed by atoms with Gasteiger partial charge in [-0.15, -0.1) is 0 Å². The maximum absolute atomic E-state index is 11.6. The molecule has 1 atom stereocenters. The second kappa shape index (κ2) is 4.55. The van der Waals surface area contributed by atoms with Gasteiger partial charge in [-0.1, -0.05) is 30.3 Å². The molecular formula is C12H14N2O3. The first kappa shape index (κ1) is 11.6. The molecule has 5 nitrogen and oxygen atoms in total. The van der Waals surface area contributed by atoms with Crippen LogP contribution in [-0.2, 0) is 14.4 Å². The Balaban J connectivity index is 2.37. The first-order valence-electron chi connectivity index (χ1n) is 5.34. The second-order valence-electron chi connectivity index (χ2n) is 3.91. The van der Waals surface area contributed by atoms with E-state index >= 15 is 0 Å². The quantitative estimate of drug-likeness (QED) is 0.726. The summed E-state index contributed by atoms with van der Waals surface area (Å²) in [5.74, 6) is -0.366. The zero-order valence-electron chi connectivity index (χ0n) is 9.79. The van der Waals surface area contributed by atoms with Crippen LogP contribution in [0.25, 0.3) is 0 Å². The minimum atomic E-state index is -0.491. The van der Waals surface area contributed by atoms with Crippen LogP contribution in [0.1, 0.15) is 18.7 Å². The van der Waals surface area contributed by atoms with Crippen molar-refractivity contribution in [3.05, 3.63) is 35.9 Å². The molecule has 1 fully saturated rings. The Morgan fingerprint density at radius 3 is 2.59 bits per heavy atom. The van der Waals surface area contributed by atoms with Crippen LogP contribution in [0.2, 0.25) is 0 Å². The van der Waals surface area contributed by atoms with Crippen LogP contribution < -0.4 is 0 Å². The standard InChI is InChI=1S/C12H14N2O3/c1-9(15)14-12(10-6-4-3-5-7-10)13(2)11(16)8-17-14/h3-7,12H,8H2,1-2H3. The monoisotopic (exact) mass is 234 g/mol. The number of rotatable bonds is 1. The van der Waals surface area contributed by atoms with E-state index in [0.717, 1.165) is 5.56 Å². The molecule has 1 saturated heterocycles. The largest absolute Gasteiger partial charge is 0.317 e. The number of benzene rings is 1. The summed E-state index contributed by atoms with van der Waals surface area (Å²) in [6, 6.07) is 9.33. The average Bonchev–Trinajstić information content (AvgIpc) is 2.33. The van der Waals surface area contributed by atoms with E-state index in [2.05, 4.69) is 0 Å². The first-order chi connectivity index (χ1) is 8.11. The lowest BCUT2D eigenvalue weighted by molar-refractivity contribution is -0.239.